The van der Waals surface area contributed by atoms with Gasteiger partial charge in [-0.25, -0.2) is 0 Å². The second kappa shape index (κ2) is 5.55. The second-order valence-corrected chi connectivity index (χ2v) is 3.90. The molecule has 1 aromatic heterocycles. The number of hydrogen-bond acceptors (Lipinski definition) is 4. The molecule has 5 nitrogen and oxygen atoms in total. The van der Waals surface area contributed by atoms with Gasteiger partial charge in [-0.1, -0.05) is 0 Å². The topological polar surface area (TPSA) is 67.4 Å². The third-order valence-electron chi connectivity index (χ3n) is 2.75. The molecule has 0 aliphatic carbocycles. The minimum atomic E-state index is -0.0381. The van der Waals surface area contributed by atoms with Gasteiger partial charge in [-0.3, -0.25) is 5.10 Å². The maximum atomic E-state index is 9.22. The normalized spacial score (nSPS) is 10.4. The zero-order valence-corrected chi connectivity index (χ0v) is 10.4. The molecule has 0 aliphatic rings. The van der Waals surface area contributed by atoms with Gasteiger partial charge < -0.3 is 14.6 Å². The Bertz CT molecular complexity index is 505. The molecule has 0 aliphatic heterocycles. The maximum Gasteiger partial charge on any atom is 0.132 e. The van der Waals surface area contributed by atoms with Crippen molar-refractivity contribution in [2.45, 2.75) is 20.1 Å². The molecular weight excluding hydrogens is 232 g/mol. The van der Waals surface area contributed by atoms with Crippen LogP contribution >= 0.6 is 0 Å². The van der Waals surface area contributed by atoms with Gasteiger partial charge in [0.1, 0.15) is 23.8 Å². The van der Waals surface area contributed by atoms with Crippen molar-refractivity contribution in [3.8, 4) is 11.5 Å². The summed E-state index contributed by atoms with van der Waals surface area (Å²) >= 11 is 0. The highest BCUT2D eigenvalue weighted by molar-refractivity contribution is 5.31. The molecule has 18 heavy (non-hydrogen) atoms. The zero-order valence-electron chi connectivity index (χ0n) is 10.4. The van der Waals surface area contributed by atoms with Gasteiger partial charge in [0.15, 0.2) is 0 Å². The lowest BCUT2D eigenvalue weighted by Crippen LogP contribution is -2.00. The number of benzene rings is 1. The molecule has 2 aromatic rings. The highest BCUT2D eigenvalue weighted by Gasteiger charge is 2.09. The Morgan fingerprint density at radius 2 is 1.89 bits per heavy atom. The fourth-order valence-electron chi connectivity index (χ4n) is 1.66. The molecule has 0 spiro atoms. The summed E-state index contributed by atoms with van der Waals surface area (Å²) in [7, 11) is 1.62. The molecule has 0 bridgehead atoms. The van der Waals surface area contributed by atoms with Gasteiger partial charge in [-0.05, 0) is 31.2 Å². The van der Waals surface area contributed by atoms with Crippen molar-refractivity contribution < 1.29 is 14.6 Å². The van der Waals surface area contributed by atoms with Crippen LogP contribution in [0.5, 0.6) is 11.5 Å². The lowest BCUT2D eigenvalue weighted by molar-refractivity contribution is 0.267. The number of aromatic amines is 1. The third kappa shape index (κ3) is 2.62. The first-order valence-electron chi connectivity index (χ1n) is 5.65. The lowest BCUT2D eigenvalue weighted by atomic mass is 10.2. The first-order chi connectivity index (χ1) is 8.74. The Morgan fingerprint density at radius 3 is 2.50 bits per heavy atom. The first-order valence-corrected chi connectivity index (χ1v) is 5.65. The number of rotatable bonds is 5. The number of nitrogens with one attached hydrogen (secondary N) is 1. The summed E-state index contributed by atoms with van der Waals surface area (Å²) in [5.74, 6) is 1.52. The van der Waals surface area contributed by atoms with Crippen molar-refractivity contribution in [2.75, 3.05) is 7.11 Å². The molecule has 2 N–H and O–H groups in total. The summed E-state index contributed by atoms with van der Waals surface area (Å²) in [5, 5.41) is 16.2. The Balaban J connectivity index is 2.02. The van der Waals surface area contributed by atoms with Crippen LogP contribution in [0.2, 0.25) is 0 Å². The Labute approximate surface area is 105 Å². The number of hydrogen-bond donors (Lipinski definition) is 2. The summed E-state index contributed by atoms with van der Waals surface area (Å²) in [4.78, 5) is 0. The lowest BCUT2D eigenvalue weighted by Gasteiger charge is -2.06. The van der Waals surface area contributed by atoms with Gasteiger partial charge in [0.25, 0.3) is 0 Å². The van der Waals surface area contributed by atoms with E-state index < -0.39 is 0 Å². The molecule has 2 rings (SSSR count). The van der Waals surface area contributed by atoms with E-state index >= 15 is 0 Å². The maximum absolute atomic E-state index is 9.22. The minimum Gasteiger partial charge on any atom is -0.497 e. The number of aliphatic hydroxyl groups is 1. The van der Waals surface area contributed by atoms with Crippen molar-refractivity contribution in [1.82, 2.24) is 10.2 Å². The van der Waals surface area contributed by atoms with Gasteiger partial charge in [0, 0.05) is 11.3 Å². The number of aliphatic hydroxyl groups excluding tert-OH is 1. The summed E-state index contributed by atoms with van der Waals surface area (Å²) in [6.07, 6.45) is 0. The number of ether oxygens (including phenoxy) is 2. The second-order valence-electron chi connectivity index (χ2n) is 3.90. The zero-order chi connectivity index (χ0) is 13.0. The van der Waals surface area contributed by atoms with Crippen molar-refractivity contribution in [1.29, 1.82) is 0 Å². The van der Waals surface area contributed by atoms with E-state index in [1.807, 2.05) is 31.2 Å². The Kier molecular flexibility index (Phi) is 3.84. The van der Waals surface area contributed by atoms with Gasteiger partial charge in [0.05, 0.1) is 13.7 Å². The van der Waals surface area contributed by atoms with Crippen molar-refractivity contribution >= 4 is 0 Å². The van der Waals surface area contributed by atoms with E-state index in [1.165, 1.54) is 0 Å². The average Bonchev–Trinajstić information content (AvgIpc) is 2.77. The third-order valence-corrected chi connectivity index (χ3v) is 2.75. The fraction of sp³-hybridized carbons (Fsp3) is 0.308. The molecular formula is C13H16N2O3. The SMILES string of the molecule is COc1ccc(OCc2n[nH]c(C)c2CO)cc1. The summed E-state index contributed by atoms with van der Waals surface area (Å²) in [5.41, 5.74) is 2.39. The number of aryl methyl sites for hydroxylation is 1. The smallest absolute Gasteiger partial charge is 0.132 e. The highest BCUT2D eigenvalue weighted by atomic mass is 16.5. The predicted molar refractivity (Wildman–Crippen MR) is 66.6 cm³/mol. The van der Waals surface area contributed by atoms with Gasteiger partial charge >= 0.3 is 0 Å². The van der Waals surface area contributed by atoms with E-state index in [1.54, 1.807) is 7.11 Å². The number of H-pyrrole nitrogens is 1. The van der Waals surface area contributed by atoms with Crippen LogP contribution in [0.15, 0.2) is 24.3 Å². The predicted octanol–water partition coefficient (Wildman–Crippen LogP) is 1.80. The van der Waals surface area contributed by atoms with Crippen molar-refractivity contribution in [3.05, 3.63) is 41.2 Å². The van der Waals surface area contributed by atoms with E-state index in [0.29, 0.717) is 6.61 Å². The van der Waals surface area contributed by atoms with Crippen LogP contribution in [-0.2, 0) is 13.2 Å². The van der Waals surface area contributed by atoms with Crippen molar-refractivity contribution in [2.24, 2.45) is 0 Å². The van der Waals surface area contributed by atoms with Gasteiger partial charge in [-0.2, -0.15) is 5.10 Å². The van der Waals surface area contributed by atoms with Crippen LogP contribution in [0, 0.1) is 6.92 Å². The molecule has 96 valence electrons. The summed E-state index contributed by atoms with van der Waals surface area (Å²) in [6, 6.07) is 7.32. The van der Waals surface area contributed by atoms with Crippen molar-refractivity contribution in [3.63, 3.8) is 0 Å². The average molecular weight is 248 g/mol. The molecule has 1 aromatic carbocycles. The highest BCUT2D eigenvalue weighted by Crippen LogP contribution is 2.19. The number of methoxy groups -OCH3 is 1. The molecule has 0 fully saturated rings. The largest absolute Gasteiger partial charge is 0.497 e. The van der Waals surface area contributed by atoms with E-state index in [0.717, 1.165) is 28.5 Å². The summed E-state index contributed by atoms with van der Waals surface area (Å²) < 4.78 is 10.7. The van der Waals surface area contributed by atoms with E-state index in [9.17, 15) is 5.11 Å². The molecule has 0 saturated heterocycles. The van der Waals surface area contributed by atoms with E-state index in [2.05, 4.69) is 10.2 Å². The van der Waals surface area contributed by atoms with Crippen LogP contribution in [0.4, 0.5) is 0 Å². The number of nitrogens with zero attached hydrogens (tertiary/aromatic N) is 1. The molecule has 0 saturated carbocycles. The molecule has 0 radical (unpaired) electrons. The monoisotopic (exact) mass is 248 g/mol. The van der Waals surface area contributed by atoms with Gasteiger partial charge in [0.2, 0.25) is 0 Å². The summed E-state index contributed by atoms with van der Waals surface area (Å²) in [6.45, 7) is 2.16. The fourth-order valence-corrected chi connectivity index (χ4v) is 1.66. The quantitative estimate of drug-likeness (QED) is 0.846. The molecule has 0 atom stereocenters. The molecule has 0 unspecified atom stereocenters. The van der Waals surface area contributed by atoms with E-state index in [4.69, 9.17) is 9.47 Å². The van der Waals surface area contributed by atoms with E-state index in [-0.39, 0.29) is 6.61 Å². The first kappa shape index (κ1) is 12.4. The van der Waals surface area contributed by atoms with Crippen LogP contribution in [0.3, 0.4) is 0 Å². The number of aromatic nitrogens is 2. The van der Waals surface area contributed by atoms with Crippen LogP contribution < -0.4 is 9.47 Å². The molecule has 1 heterocycles. The Morgan fingerprint density at radius 1 is 1.22 bits per heavy atom. The van der Waals surface area contributed by atoms with Crippen LogP contribution in [0.25, 0.3) is 0 Å². The van der Waals surface area contributed by atoms with Gasteiger partial charge in [-0.15, -0.1) is 0 Å². The standard InChI is InChI=1S/C13H16N2O3/c1-9-12(7-16)13(15-14-9)8-18-11-5-3-10(17-2)4-6-11/h3-6,16H,7-8H2,1-2H3,(H,14,15). The molecule has 0 amide bonds. The molecule has 5 heteroatoms. The van der Waals surface area contributed by atoms with Crippen LogP contribution in [0.1, 0.15) is 17.0 Å². The Hall–Kier alpha value is -2.01. The van der Waals surface area contributed by atoms with Crippen LogP contribution in [-0.4, -0.2) is 22.4 Å². The minimum absolute atomic E-state index is 0.0381.